The third-order valence-electron chi connectivity index (χ3n) is 5.93. The highest BCUT2D eigenvalue weighted by Crippen LogP contribution is 2.39. The number of benzene rings is 2. The van der Waals surface area contributed by atoms with Gasteiger partial charge in [0.2, 0.25) is 5.95 Å². The quantitative estimate of drug-likeness (QED) is 0.297. The Labute approximate surface area is 212 Å². The van der Waals surface area contributed by atoms with Gasteiger partial charge in [0.15, 0.2) is 0 Å². The molecule has 4 aromatic rings. The van der Waals surface area contributed by atoms with E-state index in [4.69, 9.17) is 15.2 Å². The van der Waals surface area contributed by atoms with Gasteiger partial charge in [0.1, 0.15) is 23.9 Å². The molecule has 2 heterocycles. The van der Waals surface area contributed by atoms with Crippen LogP contribution in [0.2, 0.25) is 0 Å². The highest BCUT2D eigenvalue weighted by atomic mass is 16.5. The van der Waals surface area contributed by atoms with Gasteiger partial charge >= 0.3 is 0 Å². The van der Waals surface area contributed by atoms with E-state index in [2.05, 4.69) is 39.0 Å². The number of methoxy groups -OCH3 is 1. The molecule has 8 nitrogen and oxygen atoms in total. The Morgan fingerprint density at radius 2 is 1.69 bits per heavy atom. The van der Waals surface area contributed by atoms with Gasteiger partial charge in [0.25, 0.3) is 0 Å². The average Bonchev–Trinajstić information content (AvgIpc) is 2.92. The molecule has 0 unspecified atom stereocenters. The number of hydrogen-bond acceptors (Lipinski definition) is 8. The van der Waals surface area contributed by atoms with Gasteiger partial charge in [-0.15, -0.1) is 0 Å². The molecule has 8 heteroatoms. The van der Waals surface area contributed by atoms with Gasteiger partial charge in [-0.2, -0.15) is 4.98 Å². The normalized spacial score (nSPS) is 10.9. The standard InChI is InChI=1S/C28H32N6O2/c1-4-34(5-2)17-18-36-22-14-12-20(13-15-22)26-25(21-9-8-16-30-19-21)27(33-28(29)32-26)31-23-10-6-7-11-24(23)35-3/h6-16,19H,4-5,17-18H2,1-3H3,(H3,29,31,32,33). The lowest BCUT2D eigenvalue weighted by molar-refractivity contribution is 0.223. The largest absolute Gasteiger partial charge is 0.495 e. The summed E-state index contributed by atoms with van der Waals surface area (Å²) in [5.74, 6) is 2.23. The second-order valence-electron chi connectivity index (χ2n) is 8.12. The second kappa shape index (κ2) is 12.0. The molecular formula is C28H32N6O2. The number of anilines is 3. The number of nitrogens with zero attached hydrogens (tertiary/aromatic N) is 4. The molecule has 36 heavy (non-hydrogen) atoms. The first kappa shape index (κ1) is 24.9. The van der Waals surface area contributed by atoms with Gasteiger partial charge in [-0.3, -0.25) is 4.98 Å². The van der Waals surface area contributed by atoms with Gasteiger partial charge < -0.3 is 25.4 Å². The molecule has 2 aromatic heterocycles. The van der Waals surface area contributed by atoms with Crippen LogP contribution in [0.3, 0.4) is 0 Å². The minimum atomic E-state index is 0.162. The lowest BCUT2D eigenvalue weighted by atomic mass is 10.0. The van der Waals surface area contributed by atoms with E-state index in [9.17, 15) is 0 Å². The third-order valence-corrected chi connectivity index (χ3v) is 5.93. The van der Waals surface area contributed by atoms with Gasteiger partial charge in [0, 0.05) is 30.1 Å². The van der Waals surface area contributed by atoms with Crippen LogP contribution in [0.15, 0.2) is 73.1 Å². The van der Waals surface area contributed by atoms with Crippen molar-refractivity contribution in [1.82, 2.24) is 19.9 Å². The van der Waals surface area contributed by atoms with E-state index in [1.54, 1.807) is 19.5 Å². The summed E-state index contributed by atoms with van der Waals surface area (Å²) < 4.78 is 11.5. The van der Waals surface area contributed by atoms with Gasteiger partial charge in [-0.25, -0.2) is 4.98 Å². The van der Waals surface area contributed by atoms with Crippen LogP contribution >= 0.6 is 0 Å². The molecule has 0 atom stereocenters. The molecule has 4 rings (SSSR count). The Hall–Kier alpha value is -4.17. The monoisotopic (exact) mass is 484 g/mol. The molecule has 0 saturated carbocycles. The van der Waals surface area contributed by atoms with Crippen molar-refractivity contribution in [2.75, 3.05) is 44.4 Å². The molecule has 0 amide bonds. The van der Waals surface area contributed by atoms with E-state index in [-0.39, 0.29) is 5.95 Å². The average molecular weight is 485 g/mol. The topological polar surface area (TPSA) is 98.4 Å². The number of hydrogen-bond donors (Lipinski definition) is 2. The molecule has 0 aliphatic rings. The fraction of sp³-hybridized carbons (Fsp3) is 0.250. The predicted octanol–water partition coefficient (Wildman–Crippen LogP) is 5.26. The Morgan fingerprint density at radius 3 is 2.39 bits per heavy atom. The number of para-hydroxylation sites is 2. The first-order chi connectivity index (χ1) is 17.6. The maximum atomic E-state index is 6.18. The van der Waals surface area contributed by atoms with Crippen LogP contribution in [-0.2, 0) is 0 Å². The zero-order valence-electron chi connectivity index (χ0n) is 20.9. The maximum absolute atomic E-state index is 6.18. The van der Waals surface area contributed by atoms with E-state index in [0.29, 0.717) is 23.9 Å². The highest BCUT2D eigenvalue weighted by Gasteiger charge is 2.19. The molecule has 0 aliphatic heterocycles. The molecular weight excluding hydrogens is 452 g/mol. The van der Waals surface area contributed by atoms with Crippen molar-refractivity contribution in [3.05, 3.63) is 73.1 Å². The maximum Gasteiger partial charge on any atom is 0.222 e. The summed E-state index contributed by atoms with van der Waals surface area (Å²) in [5, 5.41) is 3.39. The lowest BCUT2D eigenvalue weighted by Crippen LogP contribution is -2.27. The number of ether oxygens (including phenoxy) is 2. The summed E-state index contributed by atoms with van der Waals surface area (Å²) in [5.41, 5.74) is 10.2. The minimum Gasteiger partial charge on any atom is -0.495 e. The fourth-order valence-corrected chi connectivity index (χ4v) is 3.98. The van der Waals surface area contributed by atoms with E-state index in [0.717, 1.165) is 47.8 Å². The fourth-order valence-electron chi connectivity index (χ4n) is 3.98. The Kier molecular flexibility index (Phi) is 8.31. The summed E-state index contributed by atoms with van der Waals surface area (Å²) in [6, 6.07) is 19.4. The predicted molar refractivity (Wildman–Crippen MR) is 145 cm³/mol. The second-order valence-corrected chi connectivity index (χ2v) is 8.12. The van der Waals surface area contributed by atoms with E-state index < -0.39 is 0 Å². The summed E-state index contributed by atoms with van der Waals surface area (Å²) >= 11 is 0. The van der Waals surface area contributed by atoms with E-state index >= 15 is 0 Å². The van der Waals surface area contributed by atoms with Crippen molar-refractivity contribution in [1.29, 1.82) is 0 Å². The van der Waals surface area contributed by atoms with Crippen molar-refractivity contribution in [2.24, 2.45) is 0 Å². The van der Waals surface area contributed by atoms with Crippen LogP contribution in [0.4, 0.5) is 17.5 Å². The zero-order chi connectivity index (χ0) is 25.3. The Balaban J connectivity index is 1.70. The van der Waals surface area contributed by atoms with E-state index in [1.165, 1.54) is 0 Å². The lowest BCUT2D eigenvalue weighted by Gasteiger charge is -2.18. The summed E-state index contributed by atoms with van der Waals surface area (Å²) in [6.45, 7) is 7.85. The number of likely N-dealkylation sites (N-methyl/N-ethyl adjacent to an activating group) is 1. The molecule has 0 spiro atoms. The van der Waals surface area contributed by atoms with Crippen molar-refractivity contribution < 1.29 is 9.47 Å². The molecule has 186 valence electrons. The summed E-state index contributed by atoms with van der Waals surface area (Å²) in [4.78, 5) is 15.8. The summed E-state index contributed by atoms with van der Waals surface area (Å²) in [6.07, 6.45) is 3.52. The van der Waals surface area contributed by atoms with Crippen LogP contribution in [0, 0.1) is 0 Å². The molecule has 3 N–H and O–H groups in total. The smallest absolute Gasteiger partial charge is 0.222 e. The van der Waals surface area contributed by atoms with Crippen molar-refractivity contribution in [3.63, 3.8) is 0 Å². The Morgan fingerprint density at radius 1 is 0.917 bits per heavy atom. The first-order valence-electron chi connectivity index (χ1n) is 12.1. The zero-order valence-corrected chi connectivity index (χ0v) is 20.9. The number of rotatable bonds is 11. The Bertz CT molecular complexity index is 1260. The third kappa shape index (κ3) is 5.90. The van der Waals surface area contributed by atoms with Gasteiger partial charge in [-0.05, 0) is 55.6 Å². The van der Waals surface area contributed by atoms with Crippen LogP contribution in [0.5, 0.6) is 11.5 Å². The molecule has 0 bridgehead atoms. The summed E-state index contributed by atoms with van der Waals surface area (Å²) in [7, 11) is 1.63. The molecule has 0 fully saturated rings. The van der Waals surface area contributed by atoms with Crippen molar-refractivity contribution >= 4 is 17.5 Å². The minimum absolute atomic E-state index is 0.162. The van der Waals surface area contributed by atoms with Crippen LogP contribution in [0.1, 0.15) is 13.8 Å². The number of pyridine rings is 1. The molecule has 0 aliphatic carbocycles. The SMILES string of the molecule is CCN(CC)CCOc1ccc(-c2nc(N)nc(Nc3ccccc3OC)c2-c2cccnc2)cc1. The number of aromatic nitrogens is 3. The van der Waals surface area contributed by atoms with Gasteiger partial charge in [-0.1, -0.05) is 32.0 Å². The van der Waals surface area contributed by atoms with Gasteiger partial charge in [0.05, 0.1) is 24.1 Å². The van der Waals surface area contributed by atoms with Crippen LogP contribution in [-0.4, -0.2) is 53.2 Å². The molecule has 2 aromatic carbocycles. The first-order valence-corrected chi connectivity index (χ1v) is 12.1. The number of nitrogens with one attached hydrogen (secondary N) is 1. The van der Waals surface area contributed by atoms with E-state index in [1.807, 2.05) is 60.7 Å². The highest BCUT2D eigenvalue weighted by molar-refractivity contribution is 5.90. The number of nitrogen functional groups attached to an aromatic ring is 1. The van der Waals surface area contributed by atoms with Crippen LogP contribution < -0.4 is 20.5 Å². The van der Waals surface area contributed by atoms with Crippen molar-refractivity contribution in [3.8, 4) is 33.9 Å². The van der Waals surface area contributed by atoms with Crippen molar-refractivity contribution in [2.45, 2.75) is 13.8 Å². The van der Waals surface area contributed by atoms with Crippen LogP contribution in [0.25, 0.3) is 22.4 Å². The molecule has 0 saturated heterocycles. The molecule has 0 radical (unpaired) electrons. The number of nitrogens with two attached hydrogens (primary N) is 1.